The standard InChI is InChI=1S/C29H34FN3O4S/c1-5-17-31-29(35)23(4)32(19-24-11-9-10-14-26(24)30)28(34)20-33(27-16-15-21(2)18-22(27)3)38(36,37)25-12-7-6-8-13-25/h6-16,18,23H,5,17,19-20H2,1-4H3,(H,31,35)/t23-/m1/s1. The van der Waals surface area contributed by atoms with Crippen LogP contribution in [0.2, 0.25) is 0 Å². The number of aryl methyl sites for hydroxylation is 2. The largest absolute Gasteiger partial charge is 0.354 e. The Labute approximate surface area is 224 Å². The quantitative estimate of drug-likeness (QED) is 0.387. The van der Waals surface area contributed by atoms with Crippen LogP contribution in [0.15, 0.2) is 77.7 Å². The van der Waals surface area contributed by atoms with Gasteiger partial charge in [-0.2, -0.15) is 0 Å². The normalized spacial score (nSPS) is 12.0. The molecule has 202 valence electrons. The van der Waals surface area contributed by atoms with Crippen LogP contribution in [-0.2, 0) is 26.2 Å². The molecule has 38 heavy (non-hydrogen) atoms. The highest BCUT2D eigenvalue weighted by molar-refractivity contribution is 7.92. The van der Waals surface area contributed by atoms with E-state index in [9.17, 15) is 22.4 Å². The Bertz CT molecular complexity index is 1380. The fourth-order valence-electron chi connectivity index (χ4n) is 4.11. The number of nitrogens with one attached hydrogen (secondary N) is 1. The molecule has 3 aromatic carbocycles. The van der Waals surface area contributed by atoms with E-state index in [4.69, 9.17) is 0 Å². The predicted molar refractivity (Wildman–Crippen MR) is 147 cm³/mol. The minimum Gasteiger partial charge on any atom is -0.354 e. The molecule has 0 heterocycles. The Morgan fingerprint density at radius 2 is 1.63 bits per heavy atom. The minimum absolute atomic E-state index is 0.0298. The van der Waals surface area contributed by atoms with E-state index in [1.165, 1.54) is 35.2 Å². The summed E-state index contributed by atoms with van der Waals surface area (Å²) in [6, 6.07) is 18.2. The molecule has 0 spiro atoms. The lowest BCUT2D eigenvalue weighted by molar-refractivity contribution is -0.139. The van der Waals surface area contributed by atoms with Gasteiger partial charge in [-0.1, -0.05) is 61.0 Å². The smallest absolute Gasteiger partial charge is 0.264 e. The maximum atomic E-state index is 14.6. The Morgan fingerprint density at radius 1 is 0.974 bits per heavy atom. The highest BCUT2D eigenvalue weighted by Gasteiger charge is 2.33. The predicted octanol–water partition coefficient (Wildman–Crippen LogP) is 4.58. The molecule has 0 aliphatic carbocycles. The lowest BCUT2D eigenvalue weighted by Gasteiger charge is -2.32. The number of anilines is 1. The van der Waals surface area contributed by atoms with Crippen molar-refractivity contribution >= 4 is 27.5 Å². The molecule has 3 rings (SSSR count). The fourth-order valence-corrected chi connectivity index (χ4v) is 5.61. The van der Waals surface area contributed by atoms with E-state index in [0.717, 1.165) is 9.87 Å². The monoisotopic (exact) mass is 539 g/mol. The van der Waals surface area contributed by atoms with E-state index >= 15 is 0 Å². The maximum Gasteiger partial charge on any atom is 0.264 e. The molecular formula is C29H34FN3O4S. The van der Waals surface area contributed by atoms with Gasteiger partial charge in [0.15, 0.2) is 0 Å². The van der Waals surface area contributed by atoms with Crippen LogP contribution >= 0.6 is 0 Å². The first-order valence-electron chi connectivity index (χ1n) is 12.5. The molecule has 0 radical (unpaired) electrons. The second-order valence-electron chi connectivity index (χ2n) is 9.19. The molecule has 0 saturated heterocycles. The highest BCUT2D eigenvalue weighted by Crippen LogP contribution is 2.28. The van der Waals surface area contributed by atoms with E-state index in [0.29, 0.717) is 24.2 Å². The zero-order valence-electron chi connectivity index (χ0n) is 22.1. The number of halogens is 1. The molecule has 0 aromatic heterocycles. The first-order valence-corrected chi connectivity index (χ1v) is 14.0. The van der Waals surface area contributed by atoms with Crippen molar-refractivity contribution in [3.8, 4) is 0 Å². The number of benzene rings is 3. The number of hydrogen-bond donors (Lipinski definition) is 1. The third-order valence-electron chi connectivity index (χ3n) is 6.25. The van der Waals surface area contributed by atoms with Gasteiger partial charge in [-0.3, -0.25) is 13.9 Å². The number of sulfonamides is 1. The summed E-state index contributed by atoms with van der Waals surface area (Å²) in [7, 11) is -4.15. The molecule has 3 aromatic rings. The zero-order chi connectivity index (χ0) is 27.9. The van der Waals surface area contributed by atoms with Crippen molar-refractivity contribution in [1.29, 1.82) is 0 Å². The molecule has 7 nitrogen and oxygen atoms in total. The van der Waals surface area contributed by atoms with Gasteiger partial charge in [0, 0.05) is 18.7 Å². The van der Waals surface area contributed by atoms with Gasteiger partial charge in [-0.25, -0.2) is 12.8 Å². The first kappa shape index (κ1) is 28.8. The van der Waals surface area contributed by atoms with E-state index in [-0.39, 0.29) is 17.0 Å². The highest BCUT2D eigenvalue weighted by atomic mass is 32.2. The summed E-state index contributed by atoms with van der Waals surface area (Å²) in [5, 5.41) is 2.77. The summed E-state index contributed by atoms with van der Waals surface area (Å²) in [6.45, 7) is 6.78. The minimum atomic E-state index is -4.15. The topological polar surface area (TPSA) is 86.8 Å². The summed E-state index contributed by atoms with van der Waals surface area (Å²) in [4.78, 5) is 27.9. The van der Waals surface area contributed by atoms with E-state index in [2.05, 4.69) is 5.32 Å². The van der Waals surface area contributed by atoms with Crippen LogP contribution in [0.3, 0.4) is 0 Å². The summed E-state index contributed by atoms with van der Waals surface area (Å²) < 4.78 is 43.2. The Morgan fingerprint density at radius 3 is 2.26 bits per heavy atom. The fraction of sp³-hybridized carbons (Fsp3) is 0.310. The van der Waals surface area contributed by atoms with E-state index in [1.54, 1.807) is 50.2 Å². The number of carbonyl (C=O) groups excluding carboxylic acids is 2. The van der Waals surface area contributed by atoms with Gasteiger partial charge in [-0.15, -0.1) is 0 Å². The third kappa shape index (κ3) is 6.77. The van der Waals surface area contributed by atoms with Crippen LogP contribution in [0.25, 0.3) is 0 Å². The Hall–Kier alpha value is -3.72. The maximum absolute atomic E-state index is 14.6. The summed E-state index contributed by atoms with van der Waals surface area (Å²) >= 11 is 0. The van der Waals surface area contributed by atoms with Crippen LogP contribution in [0, 0.1) is 19.7 Å². The van der Waals surface area contributed by atoms with Gasteiger partial charge < -0.3 is 10.2 Å². The van der Waals surface area contributed by atoms with E-state index in [1.807, 2.05) is 19.9 Å². The first-order chi connectivity index (χ1) is 18.1. The Balaban J connectivity index is 2.05. The van der Waals surface area contributed by atoms with Crippen LogP contribution in [-0.4, -0.2) is 44.3 Å². The van der Waals surface area contributed by atoms with Crippen molar-refractivity contribution in [1.82, 2.24) is 10.2 Å². The van der Waals surface area contributed by atoms with Gasteiger partial charge in [0.1, 0.15) is 18.4 Å². The average Bonchev–Trinajstić information content (AvgIpc) is 2.90. The number of nitrogens with zero attached hydrogens (tertiary/aromatic N) is 2. The summed E-state index contributed by atoms with van der Waals surface area (Å²) in [5.74, 6) is -1.55. The van der Waals surface area contributed by atoms with Gasteiger partial charge in [0.05, 0.1) is 10.6 Å². The van der Waals surface area contributed by atoms with Crippen LogP contribution in [0.4, 0.5) is 10.1 Å². The molecule has 0 unspecified atom stereocenters. The Kier molecular flexibility index (Phi) is 9.63. The second-order valence-corrected chi connectivity index (χ2v) is 11.1. The van der Waals surface area contributed by atoms with Gasteiger partial charge >= 0.3 is 0 Å². The number of rotatable bonds is 11. The molecule has 9 heteroatoms. The molecule has 0 bridgehead atoms. The summed E-state index contributed by atoms with van der Waals surface area (Å²) in [6.07, 6.45) is 0.704. The van der Waals surface area contributed by atoms with Crippen LogP contribution in [0.1, 0.15) is 37.0 Å². The van der Waals surface area contributed by atoms with Gasteiger partial charge in [0.25, 0.3) is 10.0 Å². The van der Waals surface area contributed by atoms with Crippen LogP contribution in [0.5, 0.6) is 0 Å². The molecule has 0 aliphatic rings. The molecule has 0 fully saturated rings. The number of amides is 2. The second kappa shape index (κ2) is 12.7. The lowest BCUT2D eigenvalue weighted by atomic mass is 10.1. The lowest BCUT2D eigenvalue weighted by Crippen LogP contribution is -2.51. The third-order valence-corrected chi connectivity index (χ3v) is 8.02. The molecular weight excluding hydrogens is 505 g/mol. The van der Waals surface area contributed by atoms with Crippen molar-refractivity contribution in [2.75, 3.05) is 17.4 Å². The number of carbonyl (C=O) groups is 2. The van der Waals surface area contributed by atoms with Crippen molar-refractivity contribution in [2.24, 2.45) is 0 Å². The van der Waals surface area contributed by atoms with Crippen LogP contribution < -0.4 is 9.62 Å². The zero-order valence-corrected chi connectivity index (χ0v) is 23.0. The molecule has 0 aliphatic heterocycles. The van der Waals surface area contributed by atoms with Crippen molar-refractivity contribution in [2.45, 2.75) is 51.6 Å². The molecule has 1 N–H and O–H groups in total. The molecule has 2 amide bonds. The van der Waals surface area contributed by atoms with Crippen molar-refractivity contribution < 1.29 is 22.4 Å². The molecule has 0 saturated carbocycles. The SMILES string of the molecule is CCCNC(=O)[C@@H](C)N(Cc1ccccc1F)C(=O)CN(c1ccc(C)cc1C)S(=O)(=O)c1ccccc1. The summed E-state index contributed by atoms with van der Waals surface area (Å²) in [5.41, 5.74) is 2.19. The average molecular weight is 540 g/mol. The van der Waals surface area contributed by atoms with Gasteiger partial charge in [0.2, 0.25) is 11.8 Å². The number of hydrogen-bond acceptors (Lipinski definition) is 4. The van der Waals surface area contributed by atoms with Crippen molar-refractivity contribution in [3.05, 3.63) is 95.3 Å². The molecule has 1 atom stereocenters. The van der Waals surface area contributed by atoms with Crippen molar-refractivity contribution in [3.63, 3.8) is 0 Å². The van der Waals surface area contributed by atoms with E-state index < -0.39 is 40.2 Å². The van der Waals surface area contributed by atoms with Gasteiger partial charge in [-0.05, 0) is 57.0 Å².